The first-order valence-corrected chi connectivity index (χ1v) is 13.7. The third-order valence-electron chi connectivity index (χ3n) is 7.21. The number of benzene rings is 2. The largest absolute Gasteiger partial charge is 0.490 e. The van der Waals surface area contributed by atoms with Crippen LogP contribution < -0.4 is 19.5 Å². The van der Waals surface area contributed by atoms with E-state index in [0.717, 1.165) is 0 Å². The molecule has 0 fully saturated rings. The molecule has 2 aromatic rings. The maximum absolute atomic E-state index is 15.5. The third kappa shape index (κ3) is 5.57. The Balaban J connectivity index is 1.65. The van der Waals surface area contributed by atoms with Gasteiger partial charge in [0.1, 0.15) is 17.5 Å². The van der Waals surface area contributed by atoms with Crippen LogP contribution in [0.5, 0.6) is 17.2 Å². The molecule has 0 saturated heterocycles. The lowest BCUT2D eigenvalue weighted by Crippen LogP contribution is -2.45. The molecule has 2 atom stereocenters. The zero-order valence-corrected chi connectivity index (χ0v) is 24.1. The number of ether oxygens (including phenoxy) is 3. The van der Waals surface area contributed by atoms with E-state index in [0.29, 0.717) is 23.5 Å². The molecule has 0 spiro atoms. The molecule has 3 N–H and O–H groups in total. The minimum atomic E-state index is -1.21. The van der Waals surface area contributed by atoms with Gasteiger partial charge in [0.2, 0.25) is 0 Å². The minimum Gasteiger partial charge on any atom is -0.490 e. The number of carboxylic acids is 1. The van der Waals surface area contributed by atoms with Gasteiger partial charge in [0, 0.05) is 17.7 Å². The zero-order valence-electron chi connectivity index (χ0n) is 24.1. The van der Waals surface area contributed by atoms with Gasteiger partial charge in [-0.15, -0.1) is 0 Å². The van der Waals surface area contributed by atoms with Crippen molar-refractivity contribution in [2.45, 2.75) is 66.0 Å². The SMILES string of the molecule is CCOc1cc2c(c(F)c1OCC)C(=N)N(CC(=O)c1cc3c(c(C(C)(C)C)c1)OC(C(CC)C(=O)O)C(=O)N3)C2. The van der Waals surface area contributed by atoms with Gasteiger partial charge in [-0.2, -0.15) is 0 Å². The van der Waals surface area contributed by atoms with Gasteiger partial charge in [-0.05, 0) is 49.4 Å². The second-order valence-electron chi connectivity index (χ2n) is 11.1. The molecular formula is C30H36FN3O7. The second-order valence-corrected chi connectivity index (χ2v) is 11.1. The Morgan fingerprint density at radius 1 is 1.20 bits per heavy atom. The van der Waals surface area contributed by atoms with Crippen LogP contribution in [0, 0.1) is 17.1 Å². The number of anilines is 1. The van der Waals surface area contributed by atoms with Gasteiger partial charge in [0.05, 0.1) is 31.0 Å². The van der Waals surface area contributed by atoms with Crippen molar-refractivity contribution < 1.29 is 38.1 Å². The fourth-order valence-electron chi connectivity index (χ4n) is 5.16. The first kappa shape index (κ1) is 29.8. The summed E-state index contributed by atoms with van der Waals surface area (Å²) < 4.78 is 32.5. The number of carbonyl (C=O) groups excluding carboxylic acids is 2. The highest BCUT2D eigenvalue weighted by Crippen LogP contribution is 2.43. The Hall–Kier alpha value is -4.15. The lowest BCUT2D eigenvalue weighted by atomic mass is 9.83. The number of carboxylic acid groups (broad SMARTS) is 1. The number of hydrogen-bond acceptors (Lipinski definition) is 7. The fourth-order valence-corrected chi connectivity index (χ4v) is 5.16. The lowest BCUT2D eigenvalue weighted by Gasteiger charge is -2.34. The van der Waals surface area contributed by atoms with Gasteiger partial charge < -0.3 is 29.5 Å². The molecule has 0 saturated carbocycles. The van der Waals surface area contributed by atoms with Gasteiger partial charge in [0.15, 0.2) is 29.2 Å². The van der Waals surface area contributed by atoms with E-state index in [4.69, 9.17) is 19.6 Å². The van der Waals surface area contributed by atoms with E-state index in [-0.39, 0.29) is 66.0 Å². The first-order valence-electron chi connectivity index (χ1n) is 13.7. The van der Waals surface area contributed by atoms with Crippen LogP contribution in [0.4, 0.5) is 10.1 Å². The highest BCUT2D eigenvalue weighted by Gasteiger charge is 2.40. The zero-order chi connectivity index (χ0) is 30.2. The summed E-state index contributed by atoms with van der Waals surface area (Å²) in [6.45, 7) is 11.4. The van der Waals surface area contributed by atoms with Crippen molar-refractivity contribution in [3.05, 3.63) is 46.3 Å². The molecule has 0 bridgehead atoms. The smallest absolute Gasteiger partial charge is 0.310 e. The third-order valence-corrected chi connectivity index (χ3v) is 7.21. The van der Waals surface area contributed by atoms with E-state index >= 15 is 4.39 Å². The summed E-state index contributed by atoms with van der Waals surface area (Å²) in [4.78, 5) is 39.6. The van der Waals surface area contributed by atoms with E-state index in [1.807, 2.05) is 20.8 Å². The Bertz CT molecular complexity index is 1420. The van der Waals surface area contributed by atoms with Crippen LogP contribution in [-0.4, -0.2) is 59.4 Å². The van der Waals surface area contributed by atoms with Gasteiger partial charge in [0.25, 0.3) is 5.91 Å². The number of nitrogens with zero attached hydrogens (tertiary/aromatic N) is 1. The van der Waals surface area contributed by atoms with Crippen molar-refractivity contribution in [2.24, 2.45) is 5.92 Å². The lowest BCUT2D eigenvalue weighted by molar-refractivity contribution is -0.149. The molecule has 2 aliphatic rings. The highest BCUT2D eigenvalue weighted by atomic mass is 19.1. The summed E-state index contributed by atoms with van der Waals surface area (Å²) in [5, 5.41) is 21.0. The van der Waals surface area contributed by atoms with Gasteiger partial charge in [-0.25, -0.2) is 4.39 Å². The number of fused-ring (bicyclic) bond motifs is 2. The van der Waals surface area contributed by atoms with Gasteiger partial charge >= 0.3 is 5.97 Å². The maximum Gasteiger partial charge on any atom is 0.310 e. The number of halogens is 1. The number of ketones is 1. The molecule has 0 radical (unpaired) electrons. The van der Waals surface area contributed by atoms with Crippen LogP contribution in [0.2, 0.25) is 0 Å². The van der Waals surface area contributed by atoms with Crippen LogP contribution in [0.15, 0.2) is 18.2 Å². The van der Waals surface area contributed by atoms with Crippen molar-refractivity contribution >= 4 is 29.2 Å². The molecule has 11 heteroatoms. The average molecular weight is 570 g/mol. The molecule has 0 aromatic heterocycles. The Labute approximate surface area is 238 Å². The fraction of sp³-hybridized carbons (Fsp3) is 0.467. The van der Waals surface area contributed by atoms with Gasteiger partial charge in [-0.1, -0.05) is 27.7 Å². The highest BCUT2D eigenvalue weighted by molar-refractivity contribution is 6.07. The molecule has 0 aliphatic carbocycles. The van der Waals surface area contributed by atoms with E-state index in [1.54, 1.807) is 32.9 Å². The summed E-state index contributed by atoms with van der Waals surface area (Å²) in [7, 11) is 0. The Morgan fingerprint density at radius 3 is 2.46 bits per heavy atom. The number of aliphatic carboxylic acids is 1. The Morgan fingerprint density at radius 2 is 1.88 bits per heavy atom. The van der Waals surface area contributed by atoms with Crippen molar-refractivity contribution in [3.63, 3.8) is 0 Å². The molecule has 2 heterocycles. The van der Waals surface area contributed by atoms with Crippen LogP contribution in [0.25, 0.3) is 0 Å². The maximum atomic E-state index is 15.5. The normalized spacial score (nSPS) is 16.9. The Kier molecular flexibility index (Phi) is 8.28. The summed E-state index contributed by atoms with van der Waals surface area (Å²) in [6.07, 6.45) is -1.01. The quantitative estimate of drug-likeness (QED) is 0.349. The summed E-state index contributed by atoms with van der Waals surface area (Å²) in [6, 6.07) is 4.81. The van der Waals surface area contributed by atoms with Crippen molar-refractivity contribution in [3.8, 4) is 17.2 Å². The van der Waals surface area contributed by atoms with Crippen LogP contribution >= 0.6 is 0 Å². The molecule has 41 heavy (non-hydrogen) atoms. The summed E-state index contributed by atoms with van der Waals surface area (Å²) >= 11 is 0. The number of carbonyl (C=O) groups is 3. The predicted octanol–water partition coefficient (Wildman–Crippen LogP) is 4.75. The average Bonchev–Trinajstić information content (AvgIpc) is 3.20. The van der Waals surface area contributed by atoms with Crippen molar-refractivity contribution in [2.75, 3.05) is 25.1 Å². The monoisotopic (exact) mass is 569 g/mol. The predicted molar refractivity (Wildman–Crippen MR) is 150 cm³/mol. The number of amides is 1. The molecule has 1 amide bonds. The van der Waals surface area contributed by atoms with Crippen LogP contribution in [0.1, 0.15) is 75.0 Å². The topological polar surface area (TPSA) is 138 Å². The van der Waals surface area contributed by atoms with Crippen molar-refractivity contribution in [1.82, 2.24) is 4.90 Å². The van der Waals surface area contributed by atoms with E-state index in [1.165, 1.54) is 11.0 Å². The first-order chi connectivity index (χ1) is 19.3. The minimum absolute atomic E-state index is 0.0576. The molecule has 10 nitrogen and oxygen atoms in total. The van der Waals surface area contributed by atoms with E-state index < -0.39 is 35.1 Å². The number of nitrogens with one attached hydrogen (secondary N) is 2. The summed E-state index contributed by atoms with van der Waals surface area (Å²) in [5.74, 6) is -3.43. The molecular weight excluding hydrogens is 533 g/mol. The number of hydrogen-bond donors (Lipinski definition) is 3. The van der Waals surface area contributed by atoms with Crippen LogP contribution in [-0.2, 0) is 21.5 Å². The van der Waals surface area contributed by atoms with E-state index in [2.05, 4.69) is 5.32 Å². The standard InChI is InChI=1S/C30H36FN3O7/c1-7-17(29(37)38)24-28(36)33-19-11-15(10-18(25(19)41-24)30(4,5)6)20(35)14-34-13-16-12-21(39-8-2)26(40-9-3)23(31)22(16)27(34)32/h10-12,17,24,32H,7-9,13-14H2,1-6H3,(H,33,36)(H,37,38). The van der Waals surface area contributed by atoms with Crippen LogP contribution in [0.3, 0.4) is 0 Å². The molecule has 2 unspecified atom stereocenters. The molecule has 220 valence electrons. The molecule has 2 aromatic carbocycles. The number of rotatable bonds is 10. The molecule has 4 rings (SSSR count). The number of Topliss-reactive ketones (excluding diaryl/α,β-unsaturated/α-hetero) is 1. The summed E-state index contributed by atoms with van der Waals surface area (Å²) in [5.41, 5.74) is 1.23. The van der Waals surface area contributed by atoms with Crippen molar-refractivity contribution in [1.29, 1.82) is 5.41 Å². The molecule has 2 aliphatic heterocycles. The number of amidine groups is 1. The second kappa shape index (κ2) is 11.4. The van der Waals surface area contributed by atoms with Gasteiger partial charge in [-0.3, -0.25) is 19.8 Å². The van der Waals surface area contributed by atoms with E-state index in [9.17, 15) is 19.5 Å².